The first-order valence-corrected chi connectivity index (χ1v) is 7.23. The standard InChI is InChI=1S/C15H26N4O2/c1-6-7-15(5,10-20)19-13(21)18-11-8-16-12(17-9-11)14(2,3)4/h8-9,20H,6-7,10H2,1-5H3,(H2,18,19,21). The zero-order valence-corrected chi connectivity index (χ0v) is 13.5. The lowest BCUT2D eigenvalue weighted by atomic mass is 9.96. The van der Waals surface area contributed by atoms with Crippen LogP contribution >= 0.6 is 0 Å². The number of urea groups is 1. The van der Waals surface area contributed by atoms with E-state index in [1.165, 1.54) is 0 Å². The van der Waals surface area contributed by atoms with E-state index in [1.807, 2.05) is 34.6 Å². The zero-order valence-electron chi connectivity index (χ0n) is 13.5. The van der Waals surface area contributed by atoms with Crippen LogP contribution in [0.15, 0.2) is 12.4 Å². The molecule has 6 heteroatoms. The first-order chi connectivity index (χ1) is 9.70. The largest absolute Gasteiger partial charge is 0.394 e. The van der Waals surface area contributed by atoms with Gasteiger partial charge in [-0.15, -0.1) is 0 Å². The Morgan fingerprint density at radius 1 is 1.24 bits per heavy atom. The van der Waals surface area contributed by atoms with Gasteiger partial charge in [-0.05, 0) is 13.3 Å². The Morgan fingerprint density at radius 3 is 2.24 bits per heavy atom. The van der Waals surface area contributed by atoms with Crippen molar-refractivity contribution in [3.8, 4) is 0 Å². The minimum absolute atomic E-state index is 0.103. The van der Waals surface area contributed by atoms with Crippen LogP contribution in [-0.4, -0.2) is 33.3 Å². The maximum absolute atomic E-state index is 12.0. The maximum Gasteiger partial charge on any atom is 0.319 e. The van der Waals surface area contributed by atoms with Crippen LogP contribution in [0.3, 0.4) is 0 Å². The van der Waals surface area contributed by atoms with E-state index in [2.05, 4.69) is 20.6 Å². The van der Waals surface area contributed by atoms with Crippen molar-refractivity contribution in [2.75, 3.05) is 11.9 Å². The predicted octanol–water partition coefficient (Wildman–Crippen LogP) is 2.45. The number of rotatable bonds is 5. The molecule has 3 N–H and O–H groups in total. The molecule has 0 aliphatic rings. The summed E-state index contributed by atoms with van der Waals surface area (Å²) in [6.45, 7) is 9.80. The van der Waals surface area contributed by atoms with Crippen molar-refractivity contribution < 1.29 is 9.90 Å². The zero-order chi connectivity index (χ0) is 16.1. The Morgan fingerprint density at radius 2 is 1.81 bits per heavy atom. The number of hydrogen-bond acceptors (Lipinski definition) is 4. The lowest BCUT2D eigenvalue weighted by molar-refractivity contribution is 0.167. The van der Waals surface area contributed by atoms with E-state index in [1.54, 1.807) is 12.4 Å². The third kappa shape index (κ3) is 5.30. The van der Waals surface area contributed by atoms with E-state index >= 15 is 0 Å². The molecule has 1 atom stereocenters. The van der Waals surface area contributed by atoms with Gasteiger partial charge in [0.2, 0.25) is 0 Å². The number of anilines is 1. The Kier molecular flexibility index (Phi) is 5.66. The predicted molar refractivity (Wildman–Crippen MR) is 83.3 cm³/mol. The highest BCUT2D eigenvalue weighted by Gasteiger charge is 2.24. The lowest BCUT2D eigenvalue weighted by Gasteiger charge is -2.28. The number of aliphatic hydroxyl groups is 1. The van der Waals surface area contributed by atoms with Gasteiger partial charge in [0.1, 0.15) is 5.82 Å². The highest BCUT2D eigenvalue weighted by molar-refractivity contribution is 5.89. The molecule has 0 aliphatic carbocycles. The molecular formula is C15H26N4O2. The summed E-state index contributed by atoms with van der Waals surface area (Å²) in [5.74, 6) is 0.722. The number of nitrogens with zero attached hydrogens (tertiary/aromatic N) is 2. The summed E-state index contributed by atoms with van der Waals surface area (Å²) in [7, 11) is 0. The number of aromatic nitrogens is 2. The van der Waals surface area contributed by atoms with Crippen molar-refractivity contribution >= 4 is 11.7 Å². The summed E-state index contributed by atoms with van der Waals surface area (Å²) in [5, 5.41) is 14.9. The Bertz CT molecular complexity index is 468. The first-order valence-electron chi connectivity index (χ1n) is 7.23. The molecule has 1 rings (SSSR count). The molecule has 0 aromatic carbocycles. The van der Waals surface area contributed by atoms with Crippen molar-refractivity contribution in [2.45, 2.75) is 58.4 Å². The van der Waals surface area contributed by atoms with Crippen LogP contribution in [0.25, 0.3) is 0 Å². The van der Waals surface area contributed by atoms with Gasteiger partial charge >= 0.3 is 6.03 Å². The summed E-state index contributed by atoms with van der Waals surface area (Å²) in [4.78, 5) is 20.5. The van der Waals surface area contributed by atoms with Gasteiger partial charge in [0.15, 0.2) is 0 Å². The molecule has 21 heavy (non-hydrogen) atoms. The van der Waals surface area contributed by atoms with Crippen LogP contribution < -0.4 is 10.6 Å². The second-order valence-corrected chi connectivity index (χ2v) is 6.59. The molecule has 1 aromatic heterocycles. The molecular weight excluding hydrogens is 268 g/mol. The molecule has 1 heterocycles. The molecule has 6 nitrogen and oxygen atoms in total. The smallest absolute Gasteiger partial charge is 0.319 e. The summed E-state index contributed by atoms with van der Waals surface area (Å²) >= 11 is 0. The number of nitrogens with one attached hydrogen (secondary N) is 2. The van der Waals surface area contributed by atoms with Crippen LogP contribution in [0, 0.1) is 0 Å². The molecule has 0 aliphatic heterocycles. The van der Waals surface area contributed by atoms with Crippen molar-refractivity contribution in [1.82, 2.24) is 15.3 Å². The molecule has 0 radical (unpaired) electrons. The van der Waals surface area contributed by atoms with E-state index in [9.17, 15) is 9.90 Å². The summed E-state index contributed by atoms with van der Waals surface area (Å²) < 4.78 is 0. The van der Waals surface area contributed by atoms with Gasteiger partial charge in [-0.25, -0.2) is 14.8 Å². The fourth-order valence-electron chi connectivity index (χ4n) is 1.95. The Hall–Kier alpha value is -1.69. The fourth-order valence-corrected chi connectivity index (χ4v) is 1.95. The van der Waals surface area contributed by atoms with E-state index in [0.717, 1.165) is 12.2 Å². The number of hydrogen-bond donors (Lipinski definition) is 3. The third-order valence-corrected chi connectivity index (χ3v) is 3.15. The monoisotopic (exact) mass is 294 g/mol. The van der Waals surface area contributed by atoms with Crippen molar-refractivity contribution in [2.24, 2.45) is 0 Å². The fraction of sp³-hybridized carbons (Fsp3) is 0.667. The number of carbonyl (C=O) groups is 1. The lowest BCUT2D eigenvalue weighted by Crippen LogP contribution is -2.50. The SMILES string of the molecule is CCCC(C)(CO)NC(=O)Nc1cnc(C(C)(C)C)nc1. The van der Waals surface area contributed by atoms with E-state index in [4.69, 9.17) is 0 Å². The van der Waals surface area contributed by atoms with E-state index in [-0.39, 0.29) is 18.1 Å². The third-order valence-electron chi connectivity index (χ3n) is 3.15. The average Bonchev–Trinajstić information content (AvgIpc) is 2.38. The molecule has 0 spiro atoms. The topological polar surface area (TPSA) is 87.1 Å². The van der Waals surface area contributed by atoms with Crippen LogP contribution in [0.2, 0.25) is 0 Å². The highest BCUT2D eigenvalue weighted by atomic mass is 16.3. The number of carbonyl (C=O) groups excluding carboxylic acids is 1. The second-order valence-electron chi connectivity index (χ2n) is 6.59. The molecule has 1 unspecified atom stereocenters. The second kappa shape index (κ2) is 6.85. The summed E-state index contributed by atoms with van der Waals surface area (Å²) in [6, 6.07) is -0.368. The van der Waals surface area contributed by atoms with Crippen LogP contribution in [0.1, 0.15) is 53.3 Å². The highest BCUT2D eigenvalue weighted by Crippen LogP contribution is 2.18. The van der Waals surface area contributed by atoms with Crippen molar-refractivity contribution in [3.05, 3.63) is 18.2 Å². The Balaban J connectivity index is 2.67. The first kappa shape index (κ1) is 17.4. The minimum atomic E-state index is -0.620. The van der Waals surface area contributed by atoms with Gasteiger partial charge in [-0.2, -0.15) is 0 Å². The van der Waals surface area contributed by atoms with Crippen LogP contribution in [-0.2, 0) is 5.41 Å². The van der Waals surface area contributed by atoms with Gasteiger partial charge in [-0.1, -0.05) is 34.1 Å². The molecule has 118 valence electrons. The van der Waals surface area contributed by atoms with E-state index in [0.29, 0.717) is 12.1 Å². The van der Waals surface area contributed by atoms with Gasteiger partial charge < -0.3 is 15.7 Å². The van der Waals surface area contributed by atoms with Gasteiger partial charge in [-0.3, -0.25) is 0 Å². The van der Waals surface area contributed by atoms with Gasteiger partial charge in [0.05, 0.1) is 30.2 Å². The number of aliphatic hydroxyl groups excluding tert-OH is 1. The molecule has 0 saturated carbocycles. The van der Waals surface area contributed by atoms with Crippen LogP contribution in [0.4, 0.5) is 10.5 Å². The van der Waals surface area contributed by atoms with Crippen molar-refractivity contribution in [3.63, 3.8) is 0 Å². The summed E-state index contributed by atoms with van der Waals surface area (Å²) in [6.07, 6.45) is 4.75. The molecule has 0 bridgehead atoms. The quantitative estimate of drug-likeness (QED) is 0.778. The maximum atomic E-state index is 12.0. The molecule has 0 saturated heterocycles. The average molecular weight is 294 g/mol. The molecule has 0 fully saturated rings. The molecule has 1 aromatic rings. The number of amides is 2. The van der Waals surface area contributed by atoms with E-state index < -0.39 is 5.54 Å². The van der Waals surface area contributed by atoms with Crippen molar-refractivity contribution in [1.29, 1.82) is 0 Å². The molecule has 2 amide bonds. The van der Waals surface area contributed by atoms with Gasteiger partial charge in [0.25, 0.3) is 0 Å². The Labute approximate surface area is 126 Å². The normalized spacial score (nSPS) is 14.4. The van der Waals surface area contributed by atoms with Crippen LogP contribution in [0.5, 0.6) is 0 Å². The minimum Gasteiger partial charge on any atom is -0.394 e. The van der Waals surface area contributed by atoms with Gasteiger partial charge in [0, 0.05) is 5.41 Å². The summed E-state index contributed by atoms with van der Waals surface area (Å²) in [5.41, 5.74) is -0.222.